The summed E-state index contributed by atoms with van der Waals surface area (Å²) in [6, 6.07) is 12.1. The minimum absolute atomic E-state index is 0.167. The van der Waals surface area contributed by atoms with Crippen molar-refractivity contribution in [2.24, 2.45) is 0 Å². The van der Waals surface area contributed by atoms with Gasteiger partial charge in [0.05, 0.1) is 22.7 Å². The van der Waals surface area contributed by atoms with Crippen molar-refractivity contribution in [2.75, 3.05) is 5.32 Å². The Bertz CT molecular complexity index is 1370. The maximum absolute atomic E-state index is 13.3. The lowest BCUT2D eigenvalue weighted by Crippen LogP contribution is -2.34. The molecule has 0 saturated heterocycles. The van der Waals surface area contributed by atoms with Gasteiger partial charge in [0.25, 0.3) is 5.91 Å². The Balaban J connectivity index is 1.28. The number of hydrogen-bond acceptors (Lipinski definition) is 5. The lowest BCUT2D eigenvalue weighted by Gasteiger charge is -2.26. The molecule has 8 heteroatoms. The van der Waals surface area contributed by atoms with E-state index in [9.17, 15) is 14.3 Å². The van der Waals surface area contributed by atoms with Gasteiger partial charge in [-0.3, -0.25) is 9.20 Å². The molecule has 2 fully saturated rings. The number of nitrogens with zero attached hydrogens (tertiary/aromatic N) is 3. The first-order valence-corrected chi connectivity index (χ1v) is 11.8. The lowest BCUT2D eigenvalue weighted by molar-refractivity contribution is 0.0931. The number of fused-ring (bicyclic) bond motifs is 3. The van der Waals surface area contributed by atoms with Crippen LogP contribution >= 0.6 is 0 Å². The molecule has 174 valence electrons. The molecule has 2 aromatic carbocycles. The monoisotopic (exact) mass is 459 g/mol. The summed E-state index contributed by atoms with van der Waals surface area (Å²) >= 11 is 0. The van der Waals surface area contributed by atoms with Crippen LogP contribution in [-0.4, -0.2) is 37.5 Å². The minimum Gasteiger partial charge on any atom is -0.393 e. The number of aromatic nitrogens is 3. The Kier molecular flexibility index (Phi) is 4.99. The fourth-order valence-corrected chi connectivity index (χ4v) is 4.98. The highest BCUT2D eigenvalue weighted by atomic mass is 19.1. The summed E-state index contributed by atoms with van der Waals surface area (Å²) in [6.07, 6.45) is 8.41. The van der Waals surface area contributed by atoms with E-state index in [2.05, 4.69) is 15.6 Å². The second kappa shape index (κ2) is 8.06. The number of carbonyl (C=O) groups is 1. The van der Waals surface area contributed by atoms with Crippen LogP contribution in [0, 0.1) is 5.82 Å². The van der Waals surface area contributed by atoms with Crippen molar-refractivity contribution in [3.63, 3.8) is 0 Å². The summed E-state index contributed by atoms with van der Waals surface area (Å²) in [5, 5.41) is 16.5. The molecule has 2 heterocycles. The predicted octanol–water partition coefficient (Wildman–Crippen LogP) is 4.16. The number of nitrogens with one attached hydrogen (secondary N) is 2. The Morgan fingerprint density at radius 1 is 1.09 bits per heavy atom. The molecule has 0 unspecified atom stereocenters. The smallest absolute Gasteiger partial charge is 0.252 e. The van der Waals surface area contributed by atoms with Crippen molar-refractivity contribution >= 4 is 28.4 Å². The highest BCUT2D eigenvalue weighted by Gasteiger charge is 2.45. The zero-order valence-electron chi connectivity index (χ0n) is 18.7. The molecule has 7 nitrogen and oxygen atoms in total. The van der Waals surface area contributed by atoms with E-state index in [1.807, 2.05) is 22.7 Å². The van der Waals surface area contributed by atoms with E-state index in [4.69, 9.17) is 4.98 Å². The number of anilines is 1. The second-order valence-corrected chi connectivity index (χ2v) is 9.48. The number of halogens is 1. The Hall–Kier alpha value is -3.52. The van der Waals surface area contributed by atoms with Crippen LogP contribution in [0.3, 0.4) is 0 Å². The molecule has 2 aromatic heterocycles. The SMILES string of the molecule is O=C(NC1(c2ccc(F)cc2)CC1)c1ccc2nc(NC3CCC(O)CC3)c3nccn3c2c1. The molecule has 0 bridgehead atoms. The van der Waals surface area contributed by atoms with Gasteiger partial charge in [-0.15, -0.1) is 0 Å². The van der Waals surface area contributed by atoms with Crippen molar-refractivity contribution in [2.45, 2.75) is 56.2 Å². The van der Waals surface area contributed by atoms with Crippen molar-refractivity contribution in [1.29, 1.82) is 0 Å². The highest BCUT2D eigenvalue weighted by Crippen LogP contribution is 2.45. The molecule has 3 N–H and O–H groups in total. The maximum atomic E-state index is 13.3. The van der Waals surface area contributed by atoms with E-state index in [1.165, 1.54) is 12.1 Å². The van der Waals surface area contributed by atoms with Gasteiger partial charge in [-0.1, -0.05) is 12.1 Å². The zero-order valence-corrected chi connectivity index (χ0v) is 18.7. The second-order valence-electron chi connectivity index (χ2n) is 9.48. The molecule has 0 radical (unpaired) electrons. The zero-order chi connectivity index (χ0) is 23.3. The molecule has 1 amide bonds. The molecule has 6 rings (SSSR count). The minimum atomic E-state index is -0.427. The van der Waals surface area contributed by atoms with Crippen LogP contribution in [0.2, 0.25) is 0 Å². The number of hydrogen-bond donors (Lipinski definition) is 3. The highest BCUT2D eigenvalue weighted by molar-refractivity contribution is 5.98. The van der Waals surface area contributed by atoms with Gasteiger partial charge < -0.3 is 15.7 Å². The van der Waals surface area contributed by atoms with Crippen LogP contribution in [0.4, 0.5) is 10.2 Å². The number of aliphatic hydroxyl groups excluding tert-OH is 1. The van der Waals surface area contributed by atoms with E-state index >= 15 is 0 Å². The largest absolute Gasteiger partial charge is 0.393 e. The van der Waals surface area contributed by atoms with Crippen LogP contribution in [0.25, 0.3) is 16.7 Å². The summed E-state index contributed by atoms with van der Waals surface area (Å²) in [4.78, 5) is 22.5. The van der Waals surface area contributed by atoms with Crippen molar-refractivity contribution in [3.8, 4) is 0 Å². The van der Waals surface area contributed by atoms with Crippen LogP contribution in [0.1, 0.15) is 54.4 Å². The van der Waals surface area contributed by atoms with Crippen LogP contribution in [0.5, 0.6) is 0 Å². The summed E-state index contributed by atoms with van der Waals surface area (Å²) in [6.45, 7) is 0. The topological polar surface area (TPSA) is 91.5 Å². The van der Waals surface area contributed by atoms with Gasteiger partial charge in [0.15, 0.2) is 11.5 Å². The third kappa shape index (κ3) is 3.77. The molecular formula is C26H26FN5O2. The first-order valence-electron chi connectivity index (χ1n) is 11.8. The number of rotatable bonds is 5. The summed E-state index contributed by atoms with van der Waals surface area (Å²) < 4.78 is 15.3. The van der Waals surface area contributed by atoms with E-state index in [0.29, 0.717) is 17.0 Å². The van der Waals surface area contributed by atoms with Gasteiger partial charge in [-0.2, -0.15) is 0 Å². The number of imidazole rings is 1. The average Bonchev–Trinajstić information content (AvgIpc) is 3.44. The van der Waals surface area contributed by atoms with Gasteiger partial charge >= 0.3 is 0 Å². The van der Waals surface area contributed by atoms with E-state index in [0.717, 1.165) is 55.1 Å². The fourth-order valence-electron chi connectivity index (χ4n) is 4.98. The van der Waals surface area contributed by atoms with E-state index in [1.54, 1.807) is 24.4 Å². The Labute approximate surface area is 196 Å². The lowest BCUT2D eigenvalue weighted by atomic mass is 9.93. The Morgan fingerprint density at radius 3 is 2.59 bits per heavy atom. The molecule has 4 aromatic rings. The van der Waals surface area contributed by atoms with Gasteiger partial charge in [0.1, 0.15) is 5.82 Å². The molecule has 2 aliphatic carbocycles. The molecule has 2 saturated carbocycles. The van der Waals surface area contributed by atoms with Crippen molar-refractivity contribution < 1.29 is 14.3 Å². The number of carbonyl (C=O) groups excluding carboxylic acids is 1. The Morgan fingerprint density at radius 2 is 1.85 bits per heavy atom. The van der Waals surface area contributed by atoms with Crippen LogP contribution in [-0.2, 0) is 5.54 Å². The summed E-state index contributed by atoms with van der Waals surface area (Å²) in [5.41, 5.74) is 3.31. The first-order chi connectivity index (χ1) is 16.5. The third-order valence-corrected chi connectivity index (χ3v) is 7.12. The quantitative estimate of drug-likeness (QED) is 0.417. The number of amides is 1. The average molecular weight is 460 g/mol. The van der Waals surface area contributed by atoms with E-state index < -0.39 is 5.54 Å². The van der Waals surface area contributed by atoms with Crippen molar-refractivity contribution in [1.82, 2.24) is 19.7 Å². The fraction of sp³-hybridized carbons (Fsp3) is 0.346. The van der Waals surface area contributed by atoms with Gasteiger partial charge in [-0.25, -0.2) is 14.4 Å². The number of aliphatic hydroxyl groups is 1. The first kappa shape index (κ1) is 21.0. The maximum Gasteiger partial charge on any atom is 0.252 e. The summed E-state index contributed by atoms with van der Waals surface area (Å²) in [7, 11) is 0. The van der Waals surface area contributed by atoms with Gasteiger partial charge in [-0.05, 0) is 74.4 Å². The summed E-state index contributed by atoms with van der Waals surface area (Å²) in [5.74, 6) is 0.261. The molecule has 2 aliphatic rings. The van der Waals surface area contributed by atoms with Gasteiger partial charge in [0, 0.05) is 24.0 Å². The third-order valence-electron chi connectivity index (χ3n) is 7.12. The molecule has 0 aliphatic heterocycles. The molecule has 0 atom stereocenters. The van der Waals surface area contributed by atoms with Gasteiger partial charge in [0.2, 0.25) is 0 Å². The standard InChI is InChI=1S/C26H26FN5O2/c27-18-4-2-17(3-5-18)26(11-12-26)31-25(34)16-1-10-21-22(15-16)32-14-13-28-24(32)23(30-21)29-19-6-8-20(33)9-7-19/h1-5,10,13-15,19-20,33H,6-9,11-12H2,(H,29,30)(H,31,34). The van der Waals surface area contributed by atoms with Crippen LogP contribution < -0.4 is 10.6 Å². The molecule has 34 heavy (non-hydrogen) atoms. The molecule has 0 spiro atoms. The molecular weight excluding hydrogens is 433 g/mol. The normalized spacial score (nSPS) is 21.5. The van der Waals surface area contributed by atoms with E-state index in [-0.39, 0.29) is 23.9 Å². The number of benzene rings is 2. The predicted molar refractivity (Wildman–Crippen MR) is 127 cm³/mol. The van der Waals surface area contributed by atoms with Crippen LogP contribution in [0.15, 0.2) is 54.9 Å². The van der Waals surface area contributed by atoms with Crippen molar-refractivity contribution in [3.05, 3.63) is 71.8 Å².